The first-order valence-corrected chi connectivity index (χ1v) is 7.47. The molecule has 1 N–H and O–H groups in total. The van der Waals surface area contributed by atoms with Crippen LogP contribution in [-0.4, -0.2) is 15.1 Å². The number of nitrogens with one attached hydrogen (secondary N) is 1. The zero-order valence-corrected chi connectivity index (χ0v) is 13.0. The number of anilines is 2. The van der Waals surface area contributed by atoms with E-state index in [1.54, 1.807) is 24.3 Å². The van der Waals surface area contributed by atoms with Crippen molar-refractivity contribution < 1.29 is 8.91 Å². The van der Waals surface area contributed by atoms with Gasteiger partial charge >= 0.3 is 0 Å². The van der Waals surface area contributed by atoms with Crippen LogP contribution in [0.15, 0.2) is 59.4 Å². The second-order valence-electron chi connectivity index (χ2n) is 5.07. The zero-order chi connectivity index (χ0) is 16.5. The molecule has 0 fully saturated rings. The second kappa shape index (κ2) is 5.90. The topological polar surface area (TPSA) is 63.8 Å². The Labute approximate surface area is 141 Å². The molecule has 2 heterocycles. The van der Waals surface area contributed by atoms with E-state index in [2.05, 4.69) is 20.4 Å². The molecular formula is C17H10ClFN4O. The van der Waals surface area contributed by atoms with Gasteiger partial charge in [0.15, 0.2) is 0 Å². The van der Waals surface area contributed by atoms with Gasteiger partial charge < -0.3 is 9.84 Å². The van der Waals surface area contributed by atoms with Crippen LogP contribution in [0.4, 0.5) is 15.9 Å². The van der Waals surface area contributed by atoms with Gasteiger partial charge in [0.05, 0.1) is 0 Å². The highest BCUT2D eigenvalue weighted by atomic mass is 35.5. The summed E-state index contributed by atoms with van der Waals surface area (Å²) in [5, 5.41) is 8.50. The molecule has 5 nitrogen and oxygen atoms in total. The molecule has 24 heavy (non-hydrogen) atoms. The van der Waals surface area contributed by atoms with Gasteiger partial charge in [0.25, 0.3) is 5.71 Å². The molecule has 118 valence electrons. The molecule has 0 atom stereocenters. The highest BCUT2D eigenvalue weighted by molar-refractivity contribution is 6.30. The summed E-state index contributed by atoms with van der Waals surface area (Å²) in [6.07, 6.45) is 1.38. The van der Waals surface area contributed by atoms with Crippen molar-refractivity contribution in [2.75, 3.05) is 5.32 Å². The largest absolute Gasteiger partial charge is 0.339 e. The molecule has 0 radical (unpaired) electrons. The molecule has 0 spiro atoms. The molecule has 7 heteroatoms. The van der Waals surface area contributed by atoms with Crippen molar-refractivity contribution in [3.8, 4) is 11.3 Å². The fourth-order valence-corrected chi connectivity index (χ4v) is 2.48. The molecule has 0 aliphatic heterocycles. The lowest BCUT2D eigenvalue weighted by atomic mass is 10.1. The molecule has 0 aliphatic carbocycles. The van der Waals surface area contributed by atoms with E-state index in [-0.39, 0.29) is 5.82 Å². The van der Waals surface area contributed by atoms with Gasteiger partial charge in [0, 0.05) is 16.3 Å². The molecule has 0 saturated carbocycles. The quantitative estimate of drug-likeness (QED) is 0.579. The summed E-state index contributed by atoms with van der Waals surface area (Å²) in [4.78, 5) is 8.35. The van der Waals surface area contributed by atoms with Gasteiger partial charge in [-0.15, -0.1) is 0 Å². The van der Waals surface area contributed by atoms with E-state index in [1.165, 1.54) is 18.5 Å². The van der Waals surface area contributed by atoms with E-state index >= 15 is 0 Å². The Morgan fingerprint density at radius 2 is 1.71 bits per heavy atom. The molecule has 0 saturated heterocycles. The van der Waals surface area contributed by atoms with E-state index in [4.69, 9.17) is 16.1 Å². The average molecular weight is 341 g/mol. The van der Waals surface area contributed by atoms with Crippen molar-refractivity contribution in [1.82, 2.24) is 15.1 Å². The van der Waals surface area contributed by atoms with Crippen molar-refractivity contribution in [1.29, 1.82) is 0 Å². The van der Waals surface area contributed by atoms with Gasteiger partial charge in [-0.25, -0.2) is 9.37 Å². The number of aromatic nitrogens is 3. The maximum absolute atomic E-state index is 13.1. The van der Waals surface area contributed by atoms with Gasteiger partial charge in [0.1, 0.15) is 29.0 Å². The van der Waals surface area contributed by atoms with E-state index < -0.39 is 0 Å². The lowest BCUT2D eigenvalue weighted by Gasteiger charge is -2.06. The Morgan fingerprint density at radius 3 is 2.46 bits per heavy atom. The molecule has 2 aromatic heterocycles. The highest BCUT2D eigenvalue weighted by Crippen LogP contribution is 2.33. The number of benzene rings is 2. The first kappa shape index (κ1) is 14.6. The minimum atomic E-state index is -0.305. The van der Waals surface area contributed by atoms with Crippen molar-refractivity contribution in [2.24, 2.45) is 0 Å². The van der Waals surface area contributed by atoms with Crippen molar-refractivity contribution in [3.63, 3.8) is 0 Å². The van der Waals surface area contributed by atoms with Crippen LogP contribution in [0.5, 0.6) is 0 Å². The van der Waals surface area contributed by atoms with E-state index in [0.717, 1.165) is 5.56 Å². The van der Waals surface area contributed by atoms with E-state index in [9.17, 15) is 4.39 Å². The van der Waals surface area contributed by atoms with E-state index in [1.807, 2.05) is 12.1 Å². The lowest BCUT2D eigenvalue weighted by Crippen LogP contribution is -1.95. The summed E-state index contributed by atoms with van der Waals surface area (Å²) < 4.78 is 18.4. The van der Waals surface area contributed by atoms with E-state index in [0.29, 0.717) is 33.3 Å². The molecule has 0 aliphatic rings. The standard InChI is InChI=1S/C17H10ClFN4O/c18-11-3-1-10(2-4-11)15-14-16(20-9-21-17(14)24-23-15)22-13-7-5-12(19)6-8-13/h1-9H,(H,20,21,22). The predicted molar refractivity (Wildman–Crippen MR) is 89.7 cm³/mol. The first-order chi connectivity index (χ1) is 11.7. The van der Waals surface area contributed by atoms with Crippen LogP contribution in [0.1, 0.15) is 0 Å². The summed E-state index contributed by atoms with van der Waals surface area (Å²) in [7, 11) is 0. The fraction of sp³-hybridized carbons (Fsp3) is 0. The highest BCUT2D eigenvalue weighted by Gasteiger charge is 2.17. The van der Waals surface area contributed by atoms with Gasteiger partial charge in [-0.3, -0.25) is 0 Å². The average Bonchev–Trinajstić information content (AvgIpc) is 3.03. The first-order valence-electron chi connectivity index (χ1n) is 7.09. The van der Waals surface area contributed by atoms with Crippen molar-refractivity contribution in [2.45, 2.75) is 0 Å². The molecule has 0 bridgehead atoms. The van der Waals surface area contributed by atoms with Gasteiger partial charge in [-0.2, -0.15) is 4.98 Å². The Bertz CT molecular complexity index is 999. The summed E-state index contributed by atoms with van der Waals surface area (Å²) in [5.74, 6) is 0.220. The summed E-state index contributed by atoms with van der Waals surface area (Å²) in [6, 6.07) is 13.2. The number of rotatable bonds is 3. The number of halogens is 2. The second-order valence-corrected chi connectivity index (χ2v) is 5.51. The third kappa shape index (κ3) is 2.68. The number of nitrogens with zero attached hydrogens (tertiary/aromatic N) is 3. The normalized spacial score (nSPS) is 10.9. The maximum Gasteiger partial charge on any atom is 0.263 e. The Balaban J connectivity index is 1.82. The smallest absolute Gasteiger partial charge is 0.263 e. The molecular weight excluding hydrogens is 331 g/mol. The summed E-state index contributed by atoms with van der Waals surface area (Å²) in [6.45, 7) is 0. The molecule has 4 rings (SSSR count). The maximum atomic E-state index is 13.1. The minimum Gasteiger partial charge on any atom is -0.339 e. The van der Waals surface area contributed by atoms with Crippen molar-refractivity contribution >= 4 is 34.2 Å². The molecule has 0 unspecified atom stereocenters. The number of hydrogen-bond donors (Lipinski definition) is 1. The Kier molecular flexibility index (Phi) is 3.59. The monoisotopic (exact) mass is 340 g/mol. The third-order valence-electron chi connectivity index (χ3n) is 3.50. The summed E-state index contributed by atoms with van der Waals surface area (Å²) >= 11 is 5.93. The fourth-order valence-electron chi connectivity index (χ4n) is 2.36. The van der Waals surface area contributed by atoms with Crippen LogP contribution in [0.2, 0.25) is 5.02 Å². The lowest BCUT2D eigenvalue weighted by molar-refractivity contribution is 0.451. The molecule has 2 aromatic carbocycles. The van der Waals surface area contributed by atoms with Gasteiger partial charge in [0.2, 0.25) is 0 Å². The Hall–Kier alpha value is -2.99. The number of fused-ring (bicyclic) bond motifs is 1. The van der Waals surface area contributed by atoms with Crippen LogP contribution in [-0.2, 0) is 0 Å². The van der Waals surface area contributed by atoms with Gasteiger partial charge in [-0.1, -0.05) is 28.9 Å². The van der Waals surface area contributed by atoms with Crippen LogP contribution < -0.4 is 5.32 Å². The SMILES string of the molecule is Fc1ccc(Nc2ncnc3onc(-c4ccc(Cl)cc4)c23)cc1. The number of hydrogen-bond acceptors (Lipinski definition) is 5. The zero-order valence-electron chi connectivity index (χ0n) is 12.2. The van der Waals surface area contributed by atoms with Gasteiger partial charge in [-0.05, 0) is 36.4 Å². The third-order valence-corrected chi connectivity index (χ3v) is 3.75. The van der Waals surface area contributed by atoms with Crippen molar-refractivity contribution in [3.05, 3.63) is 65.7 Å². The van der Waals surface area contributed by atoms with Crippen LogP contribution >= 0.6 is 11.6 Å². The minimum absolute atomic E-state index is 0.305. The Morgan fingerprint density at radius 1 is 0.958 bits per heavy atom. The van der Waals surface area contributed by atoms with Crippen LogP contribution in [0, 0.1) is 5.82 Å². The van der Waals surface area contributed by atoms with Crippen LogP contribution in [0.3, 0.4) is 0 Å². The summed E-state index contributed by atoms with van der Waals surface area (Å²) in [5.41, 5.74) is 2.49. The predicted octanol–water partition coefficient (Wildman–Crippen LogP) is 4.82. The molecule has 4 aromatic rings. The van der Waals surface area contributed by atoms with Crippen LogP contribution in [0.25, 0.3) is 22.4 Å². The molecule has 0 amide bonds.